The van der Waals surface area contributed by atoms with Crippen LogP contribution in [0.4, 0.5) is 0 Å². The SMILES string of the molecule is NCc1cn(-c2ccccc2)c(=O)o1. The highest BCUT2D eigenvalue weighted by Crippen LogP contribution is 2.05. The molecular weight excluding hydrogens is 180 g/mol. The lowest BCUT2D eigenvalue weighted by Gasteiger charge is -1.96. The first-order valence-corrected chi connectivity index (χ1v) is 4.28. The molecule has 1 aromatic heterocycles. The molecule has 0 aliphatic carbocycles. The highest BCUT2D eigenvalue weighted by atomic mass is 16.4. The van der Waals surface area contributed by atoms with E-state index in [9.17, 15) is 4.79 Å². The first kappa shape index (κ1) is 8.77. The summed E-state index contributed by atoms with van der Waals surface area (Å²) in [7, 11) is 0. The van der Waals surface area contributed by atoms with E-state index in [1.807, 2.05) is 30.3 Å². The minimum Gasteiger partial charge on any atom is -0.411 e. The minimum absolute atomic E-state index is 0.231. The molecule has 2 aromatic rings. The van der Waals surface area contributed by atoms with Gasteiger partial charge < -0.3 is 10.2 Å². The Kier molecular flexibility index (Phi) is 2.20. The smallest absolute Gasteiger partial charge is 0.411 e. The number of para-hydroxylation sites is 1. The standard InChI is InChI=1S/C10H10N2O2/c11-6-9-7-12(10(13)14-9)8-4-2-1-3-5-8/h1-5,7H,6,11H2. The number of hydrogen-bond donors (Lipinski definition) is 1. The van der Waals surface area contributed by atoms with Gasteiger partial charge in [-0.25, -0.2) is 9.36 Å². The summed E-state index contributed by atoms with van der Waals surface area (Å²) in [5.74, 6) is 0.0792. The molecule has 0 atom stereocenters. The van der Waals surface area contributed by atoms with Gasteiger partial charge in [0.2, 0.25) is 0 Å². The van der Waals surface area contributed by atoms with Crippen LogP contribution in [-0.4, -0.2) is 4.57 Å². The van der Waals surface area contributed by atoms with Crippen LogP contribution in [0.15, 0.2) is 45.7 Å². The summed E-state index contributed by atoms with van der Waals surface area (Å²) in [4.78, 5) is 11.3. The monoisotopic (exact) mass is 190 g/mol. The second-order valence-electron chi connectivity index (χ2n) is 2.87. The van der Waals surface area contributed by atoms with Crippen molar-refractivity contribution >= 4 is 0 Å². The maximum absolute atomic E-state index is 11.3. The molecule has 1 heterocycles. The van der Waals surface area contributed by atoms with Gasteiger partial charge in [-0.2, -0.15) is 0 Å². The maximum atomic E-state index is 11.3. The van der Waals surface area contributed by atoms with Gasteiger partial charge in [-0.3, -0.25) is 0 Å². The van der Waals surface area contributed by atoms with Crippen molar-refractivity contribution in [3.05, 3.63) is 52.8 Å². The molecule has 0 unspecified atom stereocenters. The van der Waals surface area contributed by atoms with Crippen LogP contribution in [0.3, 0.4) is 0 Å². The van der Waals surface area contributed by atoms with Crippen molar-refractivity contribution in [2.75, 3.05) is 0 Å². The molecule has 14 heavy (non-hydrogen) atoms. The molecule has 1 aromatic carbocycles. The largest absolute Gasteiger partial charge is 0.423 e. The molecule has 72 valence electrons. The molecule has 4 nitrogen and oxygen atoms in total. The first-order valence-electron chi connectivity index (χ1n) is 4.28. The molecule has 0 fully saturated rings. The number of hydrogen-bond acceptors (Lipinski definition) is 3. The van der Waals surface area contributed by atoms with Crippen molar-refractivity contribution in [2.24, 2.45) is 5.73 Å². The zero-order chi connectivity index (χ0) is 9.97. The molecule has 0 aliphatic heterocycles. The summed E-state index contributed by atoms with van der Waals surface area (Å²) < 4.78 is 6.33. The molecule has 0 bridgehead atoms. The number of nitrogens with two attached hydrogens (primary N) is 1. The van der Waals surface area contributed by atoms with Crippen molar-refractivity contribution in [1.82, 2.24) is 4.57 Å². The van der Waals surface area contributed by atoms with Gasteiger partial charge in [0.1, 0.15) is 5.76 Å². The highest BCUT2D eigenvalue weighted by molar-refractivity contribution is 5.31. The number of nitrogens with zero attached hydrogens (tertiary/aromatic N) is 1. The van der Waals surface area contributed by atoms with Gasteiger partial charge >= 0.3 is 5.76 Å². The Morgan fingerprint density at radius 2 is 2.00 bits per heavy atom. The number of aromatic nitrogens is 1. The number of oxazole rings is 1. The Bertz CT molecular complexity index is 470. The van der Waals surface area contributed by atoms with Crippen molar-refractivity contribution in [2.45, 2.75) is 6.54 Å². The molecule has 0 saturated carbocycles. The second kappa shape index (κ2) is 3.51. The fourth-order valence-corrected chi connectivity index (χ4v) is 1.25. The third kappa shape index (κ3) is 1.47. The van der Waals surface area contributed by atoms with Crippen molar-refractivity contribution in [1.29, 1.82) is 0 Å². The Morgan fingerprint density at radius 1 is 1.29 bits per heavy atom. The zero-order valence-corrected chi connectivity index (χ0v) is 7.51. The molecule has 4 heteroatoms. The van der Waals surface area contributed by atoms with Gasteiger partial charge in [0.25, 0.3) is 0 Å². The number of rotatable bonds is 2. The van der Waals surface area contributed by atoms with E-state index in [-0.39, 0.29) is 6.54 Å². The number of benzene rings is 1. The topological polar surface area (TPSA) is 61.2 Å². The lowest BCUT2D eigenvalue weighted by Crippen LogP contribution is -2.10. The predicted molar refractivity (Wildman–Crippen MR) is 52.2 cm³/mol. The van der Waals surface area contributed by atoms with Crippen molar-refractivity contribution < 1.29 is 4.42 Å². The summed E-state index contributed by atoms with van der Waals surface area (Å²) in [5.41, 5.74) is 6.14. The van der Waals surface area contributed by atoms with Crippen LogP contribution in [0, 0.1) is 0 Å². The third-order valence-corrected chi connectivity index (χ3v) is 1.92. The quantitative estimate of drug-likeness (QED) is 0.764. The van der Waals surface area contributed by atoms with E-state index in [0.717, 1.165) is 5.69 Å². The van der Waals surface area contributed by atoms with Crippen molar-refractivity contribution in [3.63, 3.8) is 0 Å². The van der Waals surface area contributed by atoms with Crippen LogP contribution in [0.5, 0.6) is 0 Å². The van der Waals surface area contributed by atoms with E-state index in [4.69, 9.17) is 10.2 Å². The minimum atomic E-state index is -0.406. The lowest BCUT2D eigenvalue weighted by atomic mass is 10.3. The van der Waals surface area contributed by atoms with Crippen LogP contribution in [-0.2, 0) is 6.54 Å². The van der Waals surface area contributed by atoms with E-state index in [2.05, 4.69) is 0 Å². The molecule has 0 saturated heterocycles. The molecule has 0 amide bonds. The lowest BCUT2D eigenvalue weighted by molar-refractivity contribution is 0.463. The van der Waals surface area contributed by atoms with E-state index < -0.39 is 5.76 Å². The van der Waals surface area contributed by atoms with Crippen LogP contribution in [0.2, 0.25) is 0 Å². The van der Waals surface area contributed by atoms with Crippen molar-refractivity contribution in [3.8, 4) is 5.69 Å². The highest BCUT2D eigenvalue weighted by Gasteiger charge is 2.04. The summed E-state index contributed by atoms with van der Waals surface area (Å²) in [5, 5.41) is 0. The van der Waals surface area contributed by atoms with Crippen LogP contribution in [0.1, 0.15) is 5.76 Å². The Labute approximate surface area is 80.6 Å². The second-order valence-corrected chi connectivity index (χ2v) is 2.87. The fourth-order valence-electron chi connectivity index (χ4n) is 1.25. The zero-order valence-electron chi connectivity index (χ0n) is 7.51. The normalized spacial score (nSPS) is 10.4. The van der Waals surface area contributed by atoms with Gasteiger partial charge in [0, 0.05) is 0 Å². The summed E-state index contributed by atoms with van der Waals surface area (Å²) in [6, 6.07) is 9.26. The van der Waals surface area contributed by atoms with Crippen LogP contribution in [0.25, 0.3) is 5.69 Å². The molecule has 0 aliphatic rings. The first-order chi connectivity index (χ1) is 6.81. The van der Waals surface area contributed by atoms with E-state index >= 15 is 0 Å². The average Bonchev–Trinajstić information content (AvgIpc) is 2.61. The van der Waals surface area contributed by atoms with Gasteiger partial charge in [-0.15, -0.1) is 0 Å². The molecule has 2 N–H and O–H groups in total. The maximum Gasteiger partial charge on any atom is 0.423 e. The summed E-state index contributed by atoms with van der Waals surface area (Å²) >= 11 is 0. The Balaban J connectivity index is 2.52. The van der Waals surface area contributed by atoms with Crippen LogP contribution < -0.4 is 11.5 Å². The van der Waals surface area contributed by atoms with E-state index in [0.29, 0.717) is 5.76 Å². The molecular formula is C10H10N2O2. The van der Waals surface area contributed by atoms with Crippen LogP contribution >= 0.6 is 0 Å². The van der Waals surface area contributed by atoms with E-state index in [1.165, 1.54) is 4.57 Å². The third-order valence-electron chi connectivity index (χ3n) is 1.92. The summed E-state index contributed by atoms with van der Waals surface area (Å²) in [6.07, 6.45) is 1.61. The summed E-state index contributed by atoms with van der Waals surface area (Å²) in [6.45, 7) is 0.231. The Hall–Kier alpha value is -1.81. The van der Waals surface area contributed by atoms with E-state index in [1.54, 1.807) is 6.20 Å². The van der Waals surface area contributed by atoms with Gasteiger partial charge in [0.15, 0.2) is 0 Å². The van der Waals surface area contributed by atoms with Gasteiger partial charge in [-0.1, -0.05) is 18.2 Å². The molecule has 0 radical (unpaired) electrons. The Morgan fingerprint density at radius 3 is 2.57 bits per heavy atom. The van der Waals surface area contributed by atoms with Gasteiger partial charge in [-0.05, 0) is 12.1 Å². The molecule has 2 rings (SSSR count). The molecule has 0 spiro atoms. The predicted octanol–water partition coefficient (Wildman–Crippen LogP) is 0.889. The average molecular weight is 190 g/mol. The fraction of sp³-hybridized carbons (Fsp3) is 0.100. The van der Waals surface area contributed by atoms with Gasteiger partial charge in [0.05, 0.1) is 18.4 Å².